The highest BCUT2D eigenvalue weighted by molar-refractivity contribution is 5.31. The van der Waals surface area contributed by atoms with Crippen LogP contribution in [0.3, 0.4) is 0 Å². The van der Waals surface area contributed by atoms with Crippen molar-refractivity contribution in [3.63, 3.8) is 0 Å². The van der Waals surface area contributed by atoms with Gasteiger partial charge in [0.1, 0.15) is 0 Å². The lowest BCUT2D eigenvalue weighted by Crippen LogP contribution is -2.37. The third-order valence-corrected chi connectivity index (χ3v) is 2.73. The molecule has 2 atom stereocenters. The van der Waals surface area contributed by atoms with E-state index in [4.69, 9.17) is 9.84 Å². The molecule has 82 valence electrons. The van der Waals surface area contributed by atoms with Gasteiger partial charge in [-0.2, -0.15) is 0 Å². The van der Waals surface area contributed by atoms with Crippen molar-refractivity contribution in [3.8, 4) is 0 Å². The van der Waals surface area contributed by atoms with Crippen molar-refractivity contribution < 1.29 is 9.84 Å². The first-order valence-electron chi connectivity index (χ1n) is 5.33. The Morgan fingerprint density at radius 3 is 3.13 bits per heavy atom. The predicted molar refractivity (Wildman–Crippen MR) is 58.5 cm³/mol. The molecule has 3 heteroatoms. The number of ether oxygens (including phenoxy) is 1. The minimum Gasteiger partial charge on any atom is -0.395 e. The van der Waals surface area contributed by atoms with Gasteiger partial charge in [-0.25, -0.2) is 0 Å². The van der Waals surface area contributed by atoms with Gasteiger partial charge in [0.25, 0.3) is 0 Å². The summed E-state index contributed by atoms with van der Waals surface area (Å²) in [5.41, 5.74) is 2.54. The second kappa shape index (κ2) is 4.75. The highest BCUT2D eigenvalue weighted by atomic mass is 16.5. The number of hydrogen-bond donors (Lipinski definition) is 2. The molecule has 2 rings (SSSR count). The molecule has 3 nitrogen and oxygen atoms in total. The van der Waals surface area contributed by atoms with E-state index in [0.29, 0.717) is 13.2 Å². The van der Waals surface area contributed by atoms with Gasteiger partial charge < -0.3 is 15.2 Å². The van der Waals surface area contributed by atoms with Gasteiger partial charge in [-0.15, -0.1) is 0 Å². The Labute approximate surface area is 90.1 Å². The first-order chi connectivity index (χ1) is 7.31. The Bertz CT molecular complexity index is 327. The largest absolute Gasteiger partial charge is 0.395 e. The van der Waals surface area contributed by atoms with Crippen molar-refractivity contribution in [3.05, 3.63) is 35.4 Å². The van der Waals surface area contributed by atoms with Crippen LogP contribution in [-0.4, -0.2) is 24.4 Å². The third kappa shape index (κ3) is 2.37. The van der Waals surface area contributed by atoms with Crippen molar-refractivity contribution in [2.75, 3.05) is 13.2 Å². The van der Waals surface area contributed by atoms with Crippen LogP contribution >= 0.6 is 0 Å². The Kier molecular flexibility index (Phi) is 3.36. The van der Waals surface area contributed by atoms with E-state index in [2.05, 4.69) is 17.4 Å². The van der Waals surface area contributed by atoms with Gasteiger partial charge in [0.05, 0.1) is 25.9 Å². The van der Waals surface area contributed by atoms with Gasteiger partial charge in [0.15, 0.2) is 0 Å². The molecule has 1 aromatic rings. The van der Waals surface area contributed by atoms with E-state index in [-0.39, 0.29) is 18.7 Å². The molecular formula is C12H17NO2. The van der Waals surface area contributed by atoms with Crippen LogP contribution in [0.2, 0.25) is 0 Å². The third-order valence-electron chi connectivity index (χ3n) is 2.73. The average molecular weight is 207 g/mol. The molecular weight excluding hydrogens is 190 g/mol. The molecule has 0 saturated heterocycles. The molecule has 1 aliphatic heterocycles. The normalized spacial score (nSPS) is 22.1. The maximum Gasteiger partial charge on any atom is 0.0721 e. The lowest BCUT2D eigenvalue weighted by molar-refractivity contribution is 0.0756. The molecule has 2 unspecified atom stereocenters. The molecule has 0 bridgehead atoms. The van der Waals surface area contributed by atoms with E-state index in [0.717, 1.165) is 0 Å². The van der Waals surface area contributed by atoms with Crippen molar-refractivity contribution in [1.82, 2.24) is 5.32 Å². The second-order valence-corrected chi connectivity index (χ2v) is 4.02. The molecule has 15 heavy (non-hydrogen) atoms. The first kappa shape index (κ1) is 10.6. The molecule has 0 spiro atoms. The summed E-state index contributed by atoms with van der Waals surface area (Å²) in [4.78, 5) is 0. The molecule has 1 aromatic carbocycles. The quantitative estimate of drug-likeness (QED) is 0.783. The fourth-order valence-electron chi connectivity index (χ4n) is 1.92. The molecule has 1 heterocycles. The summed E-state index contributed by atoms with van der Waals surface area (Å²) in [7, 11) is 0. The SMILES string of the molecule is CC(CO)NC1COCc2ccccc21. The summed E-state index contributed by atoms with van der Waals surface area (Å²) < 4.78 is 5.51. The lowest BCUT2D eigenvalue weighted by atomic mass is 9.98. The Morgan fingerprint density at radius 2 is 2.33 bits per heavy atom. The first-order valence-corrected chi connectivity index (χ1v) is 5.33. The van der Waals surface area contributed by atoms with Crippen LogP contribution in [0.15, 0.2) is 24.3 Å². The van der Waals surface area contributed by atoms with E-state index < -0.39 is 0 Å². The maximum absolute atomic E-state index is 9.01. The molecule has 0 amide bonds. The summed E-state index contributed by atoms with van der Waals surface area (Å²) in [5.74, 6) is 0. The van der Waals surface area contributed by atoms with E-state index >= 15 is 0 Å². The molecule has 0 fully saturated rings. The predicted octanol–water partition coefficient (Wildman–Crippen LogP) is 1.23. The van der Waals surface area contributed by atoms with Gasteiger partial charge in [0.2, 0.25) is 0 Å². The van der Waals surface area contributed by atoms with Crippen molar-refractivity contribution in [1.29, 1.82) is 0 Å². The molecule has 0 radical (unpaired) electrons. The average Bonchev–Trinajstić information content (AvgIpc) is 2.29. The molecule has 0 aromatic heterocycles. The fraction of sp³-hybridized carbons (Fsp3) is 0.500. The monoisotopic (exact) mass is 207 g/mol. The van der Waals surface area contributed by atoms with Crippen LogP contribution in [0, 0.1) is 0 Å². The topological polar surface area (TPSA) is 41.5 Å². The van der Waals surface area contributed by atoms with Crippen LogP contribution in [0.1, 0.15) is 24.1 Å². The van der Waals surface area contributed by atoms with E-state index in [1.165, 1.54) is 11.1 Å². The Hall–Kier alpha value is -0.900. The number of benzene rings is 1. The molecule has 1 aliphatic rings. The Morgan fingerprint density at radius 1 is 1.53 bits per heavy atom. The molecule has 2 N–H and O–H groups in total. The second-order valence-electron chi connectivity index (χ2n) is 4.02. The van der Waals surface area contributed by atoms with Gasteiger partial charge in [-0.3, -0.25) is 0 Å². The van der Waals surface area contributed by atoms with Gasteiger partial charge >= 0.3 is 0 Å². The number of aliphatic hydroxyl groups is 1. The van der Waals surface area contributed by atoms with Gasteiger partial charge in [-0.1, -0.05) is 24.3 Å². The summed E-state index contributed by atoms with van der Waals surface area (Å²) in [6, 6.07) is 8.59. The van der Waals surface area contributed by atoms with Gasteiger partial charge in [0, 0.05) is 6.04 Å². The van der Waals surface area contributed by atoms with Crippen molar-refractivity contribution in [2.45, 2.75) is 25.6 Å². The Balaban J connectivity index is 2.15. The van der Waals surface area contributed by atoms with Crippen LogP contribution in [0.4, 0.5) is 0 Å². The number of nitrogens with one attached hydrogen (secondary N) is 1. The molecule has 0 saturated carbocycles. The number of hydrogen-bond acceptors (Lipinski definition) is 3. The summed E-state index contributed by atoms with van der Waals surface area (Å²) in [6.45, 7) is 3.50. The van der Waals surface area contributed by atoms with E-state index in [1.54, 1.807) is 0 Å². The standard InChI is InChI=1S/C12H17NO2/c1-9(6-14)13-12-8-15-7-10-4-2-3-5-11(10)12/h2-5,9,12-14H,6-8H2,1H3. The number of fused-ring (bicyclic) bond motifs is 1. The number of rotatable bonds is 3. The summed E-state index contributed by atoms with van der Waals surface area (Å²) in [5, 5.41) is 12.4. The van der Waals surface area contributed by atoms with E-state index in [1.807, 2.05) is 19.1 Å². The summed E-state index contributed by atoms with van der Waals surface area (Å²) >= 11 is 0. The minimum atomic E-state index is 0.102. The van der Waals surface area contributed by atoms with Crippen LogP contribution < -0.4 is 5.32 Å². The highest BCUT2D eigenvalue weighted by Crippen LogP contribution is 2.24. The zero-order chi connectivity index (χ0) is 10.7. The smallest absolute Gasteiger partial charge is 0.0721 e. The number of aliphatic hydroxyl groups excluding tert-OH is 1. The summed E-state index contributed by atoms with van der Waals surface area (Å²) in [6.07, 6.45) is 0. The van der Waals surface area contributed by atoms with Crippen LogP contribution in [0.25, 0.3) is 0 Å². The highest BCUT2D eigenvalue weighted by Gasteiger charge is 2.20. The minimum absolute atomic E-state index is 0.102. The zero-order valence-corrected chi connectivity index (χ0v) is 8.94. The lowest BCUT2D eigenvalue weighted by Gasteiger charge is -2.28. The van der Waals surface area contributed by atoms with Crippen LogP contribution in [0.5, 0.6) is 0 Å². The van der Waals surface area contributed by atoms with Gasteiger partial charge in [-0.05, 0) is 18.1 Å². The van der Waals surface area contributed by atoms with Crippen LogP contribution in [-0.2, 0) is 11.3 Å². The molecule has 0 aliphatic carbocycles. The van der Waals surface area contributed by atoms with E-state index in [9.17, 15) is 0 Å². The fourth-order valence-corrected chi connectivity index (χ4v) is 1.92. The maximum atomic E-state index is 9.01. The van der Waals surface area contributed by atoms with Crippen molar-refractivity contribution >= 4 is 0 Å². The zero-order valence-electron chi connectivity index (χ0n) is 8.94. The van der Waals surface area contributed by atoms with Crippen molar-refractivity contribution in [2.24, 2.45) is 0 Å².